The first kappa shape index (κ1) is 16.4. The maximum absolute atomic E-state index is 12.8. The largest absolute Gasteiger partial charge is 0.481 e. The highest BCUT2D eigenvalue weighted by molar-refractivity contribution is 5.75. The third kappa shape index (κ3) is 3.00. The van der Waals surface area contributed by atoms with Crippen LogP contribution in [0.3, 0.4) is 0 Å². The number of carboxylic acid groups (broad SMARTS) is 1. The van der Waals surface area contributed by atoms with E-state index in [2.05, 4.69) is 29.6 Å². The van der Waals surface area contributed by atoms with E-state index in [4.69, 9.17) is 5.11 Å². The molecule has 1 spiro atoms. The first-order valence-corrected chi connectivity index (χ1v) is 9.44. The van der Waals surface area contributed by atoms with Gasteiger partial charge in [-0.15, -0.1) is 0 Å². The second kappa shape index (κ2) is 6.36. The molecule has 2 amide bonds. The lowest BCUT2D eigenvalue weighted by atomic mass is 9.61. The van der Waals surface area contributed by atoms with Crippen LogP contribution < -0.4 is 5.32 Å². The van der Waals surface area contributed by atoms with Crippen LogP contribution in [0, 0.1) is 5.92 Å². The smallest absolute Gasteiger partial charge is 0.317 e. The van der Waals surface area contributed by atoms with Crippen LogP contribution in [0.4, 0.5) is 4.79 Å². The van der Waals surface area contributed by atoms with E-state index in [1.165, 1.54) is 17.5 Å². The molecule has 5 nitrogen and oxygen atoms in total. The first-order chi connectivity index (χ1) is 12.1. The van der Waals surface area contributed by atoms with E-state index in [0.29, 0.717) is 19.4 Å². The molecule has 1 aromatic rings. The second-order valence-electron chi connectivity index (χ2n) is 7.98. The Morgan fingerprint density at radius 2 is 1.84 bits per heavy atom. The molecule has 0 saturated heterocycles. The first-order valence-electron chi connectivity index (χ1n) is 9.44. The third-order valence-electron chi connectivity index (χ3n) is 6.45. The predicted octanol–water partition coefficient (Wildman–Crippen LogP) is 3.28. The van der Waals surface area contributed by atoms with Crippen LogP contribution in [0.25, 0.3) is 0 Å². The molecule has 0 radical (unpaired) electrons. The zero-order chi connectivity index (χ0) is 17.4. The van der Waals surface area contributed by atoms with Crippen molar-refractivity contribution in [1.29, 1.82) is 0 Å². The molecule has 2 fully saturated rings. The van der Waals surface area contributed by atoms with Gasteiger partial charge in [-0.2, -0.15) is 0 Å². The van der Waals surface area contributed by atoms with Gasteiger partial charge >= 0.3 is 12.0 Å². The summed E-state index contributed by atoms with van der Waals surface area (Å²) < 4.78 is 0. The lowest BCUT2D eigenvalue weighted by molar-refractivity contribution is -0.142. The standard InChI is InChI=1S/C20H26N2O3/c23-18(24)14-6-8-16(9-7-14)21-19(25)22-12-15-4-1-2-5-17(15)20(13-22)10-3-11-20/h1-2,4-5,14,16H,3,6-13H2,(H,21,25)(H,23,24). The minimum absolute atomic E-state index is 0.0135. The average Bonchev–Trinajstić information content (AvgIpc) is 2.59. The Balaban J connectivity index is 1.41. The number of hydrogen-bond donors (Lipinski definition) is 2. The molecule has 5 heteroatoms. The SMILES string of the molecule is O=C(O)C1CCC(NC(=O)N2Cc3ccccc3C3(CCC3)C2)CC1. The quantitative estimate of drug-likeness (QED) is 0.866. The summed E-state index contributed by atoms with van der Waals surface area (Å²) >= 11 is 0. The molecule has 134 valence electrons. The molecular weight excluding hydrogens is 316 g/mol. The number of rotatable bonds is 2. The van der Waals surface area contributed by atoms with Crippen molar-refractivity contribution >= 4 is 12.0 Å². The van der Waals surface area contributed by atoms with Crippen molar-refractivity contribution in [3.05, 3.63) is 35.4 Å². The molecule has 1 heterocycles. The van der Waals surface area contributed by atoms with Crippen LogP contribution in [0.15, 0.2) is 24.3 Å². The fourth-order valence-electron chi connectivity index (χ4n) is 4.81. The van der Waals surface area contributed by atoms with Gasteiger partial charge in [0.15, 0.2) is 0 Å². The summed E-state index contributed by atoms with van der Waals surface area (Å²) in [5.74, 6) is -0.947. The molecule has 1 aliphatic heterocycles. The van der Waals surface area contributed by atoms with Gasteiger partial charge in [0, 0.05) is 24.5 Å². The Morgan fingerprint density at radius 1 is 1.12 bits per heavy atom. The van der Waals surface area contributed by atoms with Gasteiger partial charge in [0.25, 0.3) is 0 Å². The summed E-state index contributed by atoms with van der Waals surface area (Å²) in [6.07, 6.45) is 6.41. The minimum atomic E-state index is -0.704. The highest BCUT2D eigenvalue weighted by atomic mass is 16.4. The van der Waals surface area contributed by atoms with Gasteiger partial charge in [0.05, 0.1) is 5.92 Å². The molecule has 0 aromatic heterocycles. The summed E-state index contributed by atoms with van der Waals surface area (Å²) in [4.78, 5) is 25.8. The Kier molecular flexibility index (Phi) is 4.18. The van der Waals surface area contributed by atoms with Crippen LogP contribution in [-0.4, -0.2) is 34.6 Å². The molecule has 3 aliphatic rings. The van der Waals surface area contributed by atoms with Gasteiger partial charge in [-0.3, -0.25) is 4.79 Å². The molecule has 0 atom stereocenters. The van der Waals surface area contributed by atoms with Crippen molar-refractivity contribution in [2.45, 2.75) is 62.9 Å². The highest BCUT2D eigenvalue weighted by Crippen LogP contribution is 2.48. The van der Waals surface area contributed by atoms with Gasteiger partial charge in [-0.25, -0.2) is 4.79 Å². The highest BCUT2D eigenvalue weighted by Gasteiger charge is 2.45. The molecular formula is C20H26N2O3. The number of carbonyl (C=O) groups is 2. The van der Waals surface area contributed by atoms with E-state index in [-0.39, 0.29) is 23.4 Å². The normalized spacial score (nSPS) is 27.3. The second-order valence-corrected chi connectivity index (χ2v) is 7.98. The summed E-state index contributed by atoms with van der Waals surface area (Å²) in [7, 11) is 0. The van der Waals surface area contributed by atoms with Crippen molar-refractivity contribution in [3.63, 3.8) is 0 Å². The molecule has 2 saturated carbocycles. The number of urea groups is 1. The molecule has 2 N–H and O–H groups in total. The van der Waals surface area contributed by atoms with Crippen LogP contribution in [0.5, 0.6) is 0 Å². The van der Waals surface area contributed by atoms with E-state index >= 15 is 0 Å². The van der Waals surface area contributed by atoms with Crippen molar-refractivity contribution in [1.82, 2.24) is 10.2 Å². The Hall–Kier alpha value is -2.04. The van der Waals surface area contributed by atoms with Gasteiger partial charge in [0.1, 0.15) is 0 Å². The molecule has 0 unspecified atom stereocenters. The van der Waals surface area contributed by atoms with Crippen molar-refractivity contribution in [2.75, 3.05) is 6.54 Å². The van der Waals surface area contributed by atoms with Gasteiger partial charge in [-0.1, -0.05) is 30.7 Å². The van der Waals surface area contributed by atoms with Crippen LogP contribution in [0.1, 0.15) is 56.1 Å². The molecule has 4 rings (SSSR count). The Morgan fingerprint density at radius 3 is 2.48 bits per heavy atom. The van der Waals surface area contributed by atoms with Gasteiger partial charge in [0.2, 0.25) is 0 Å². The number of aliphatic carboxylic acids is 1. The monoisotopic (exact) mass is 342 g/mol. The van der Waals surface area contributed by atoms with Crippen molar-refractivity contribution in [3.8, 4) is 0 Å². The number of benzene rings is 1. The van der Waals surface area contributed by atoms with E-state index < -0.39 is 5.97 Å². The zero-order valence-corrected chi connectivity index (χ0v) is 14.5. The van der Waals surface area contributed by atoms with E-state index in [0.717, 1.165) is 32.2 Å². The van der Waals surface area contributed by atoms with E-state index in [1.807, 2.05) is 4.90 Å². The van der Waals surface area contributed by atoms with Gasteiger partial charge < -0.3 is 15.3 Å². The fraction of sp³-hybridized carbons (Fsp3) is 0.600. The number of hydrogen-bond acceptors (Lipinski definition) is 2. The molecule has 2 aliphatic carbocycles. The lowest BCUT2D eigenvalue weighted by Gasteiger charge is -2.50. The summed E-state index contributed by atoms with van der Waals surface area (Å²) in [6, 6.07) is 8.66. The van der Waals surface area contributed by atoms with E-state index in [1.54, 1.807) is 0 Å². The maximum Gasteiger partial charge on any atom is 0.317 e. The van der Waals surface area contributed by atoms with Crippen LogP contribution >= 0.6 is 0 Å². The number of nitrogens with one attached hydrogen (secondary N) is 1. The summed E-state index contributed by atoms with van der Waals surface area (Å²) in [5, 5.41) is 12.3. The van der Waals surface area contributed by atoms with Crippen molar-refractivity contribution < 1.29 is 14.7 Å². The predicted molar refractivity (Wildman–Crippen MR) is 94.3 cm³/mol. The van der Waals surface area contributed by atoms with Gasteiger partial charge in [-0.05, 0) is 49.7 Å². The molecule has 25 heavy (non-hydrogen) atoms. The number of nitrogens with zero attached hydrogens (tertiary/aromatic N) is 1. The number of amides is 2. The lowest BCUT2D eigenvalue weighted by Crippen LogP contribution is -2.55. The fourth-order valence-corrected chi connectivity index (χ4v) is 4.81. The Labute approximate surface area is 148 Å². The maximum atomic E-state index is 12.8. The number of fused-ring (bicyclic) bond motifs is 2. The minimum Gasteiger partial charge on any atom is -0.481 e. The average molecular weight is 342 g/mol. The number of carboxylic acids is 1. The van der Waals surface area contributed by atoms with E-state index in [9.17, 15) is 9.59 Å². The molecule has 0 bridgehead atoms. The summed E-state index contributed by atoms with van der Waals surface area (Å²) in [5.41, 5.74) is 2.87. The zero-order valence-electron chi connectivity index (χ0n) is 14.5. The number of carbonyl (C=O) groups excluding carboxylic acids is 1. The van der Waals surface area contributed by atoms with Crippen LogP contribution in [0.2, 0.25) is 0 Å². The summed E-state index contributed by atoms with van der Waals surface area (Å²) in [6.45, 7) is 1.48. The molecule has 1 aromatic carbocycles. The van der Waals surface area contributed by atoms with Crippen molar-refractivity contribution in [2.24, 2.45) is 5.92 Å². The van der Waals surface area contributed by atoms with Crippen LogP contribution in [-0.2, 0) is 16.8 Å². The Bertz CT molecular complexity index is 675. The topological polar surface area (TPSA) is 69.6 Å². The third-order valence-corrected chi connectivity index (χ3v) is 6.45.